The van der Waals surface area contributed by atoms with Crippen LogP contribution in [0.4, 0.5) is 11.6 Å². The molecule has 4 rings (SSSR count). The van der Waals surface area contributed by atoms with Crippen LogP contribution in [0, 0.1) is 5.92 Å². The Labute approximate surface area is 248 Å². The molecule has 0 bridgehead atoms. The average Bonchev–Trinajstić information content (AvgIpc) is 2.95. The lowest BCUT2D eigenvalue weighted by molar-refractivity contribution is -0.123. The summed E-state index contributed by atoms with van der Waals surface area (Å²) in [6.07, 6.45) is 9.65. The van der Waals surface area contributed by atoms with Crippen molar-refractivity contribution in [1.29, 1.82) is 0 Å². The standard InChI is InChI=1S/C19H20N6O.C7H15NO.C4H10.CH2O2/c1-11(12-3-2-4-12)13-5-7-14(8-6-13)21-9-15-10-22-17-16(23-15)18(26)25-19(20)24-17;1-6(2)4-5-7(9)8-3;1-3-4-2;2-1-3/h5-8,10,21H,2-4,9H2,1H3,(H3,20,22,24,25,26);6H,4-5H2,1-3H3,(H,8,9);3-4H2,1-2H3;1H,(H,2,3). The van der Waals surface area contributed by atoms with E-state index in [1.54, 1.807) is 18.8 Å². The number of carboxylic acid groups (broad SMARTS) is 1. The van der Waals surface area contributed by atoms with E-state index in [4.69, 9.17) is 15.6 Å². The number of nitrogens with zero attached hydrogens (tertiary/aromatic N) is 3. The van der Waals surface area contributed by atoms with E-state index in [1.165, 1.54) is 43.2 Å². The van der Waals surface area contributed by atoms with Crippen LogP contribution < -0.4 is 21.9 Å². The van der Waals surface area contributed by atoms with Crippen LogP contribution in [0.25, 0.3) is 16.7 Å². The van der Waals surface area contributed by atoms with Gasteiger partial charge >= 0.3 is 0 Å². The molecular weight excluding hydrogens is 534 g/mol. The largest absolute Gasteiger partial charge is 0.483 e. The van der Waals surface area contributed by atoms with Gasteiger partial charge in [-0.1, -0.05) is 58.2 Å². The number of anilines is 2. The van der Waals surface area contributed by atoms with Crippen molar-refractivity contribution in [2.75, 3.05) is 18.1 Å². The molecule has 230 valence electrons. The molecule has 0 spiro atoms. The highest BCUT2D eigenvalue weighted by molar-refractivity contribution is 5.75. The molecular formula is C31H47N7O4. The first kappa shape index (κ1) is 35.7. The third-order valence-corrected chi connectivity index (χ3v) is 6.49. The molecule has 0 saturated heterocycles. The fourth-order valence-electron chi connectivity index (χ4n) is 3.56. The van der Waals surface area contributed by atoms with Gasteiger partial charge in [0.2, 0.25) is 11.9 Å². The molecule has 0 unspecified atom stereocenters. The van der Waals surface area contributed by atoms with E-state index in [-0.39, 0.29) is 35.1 Å². The Bertz CT molecular complexity index is 1330. The van der Waals surface area contributed by atoms with Crippen LogP contribution in [0.5, 0.6) is 0 Å². The molecule has 3 aromatic rings. The Kier molecular flexibility index (Phi) is 16.8. The van der Waals surface area contributed by atoms with Gasteiger partial charge in [0.15, 0.2) is 11.2 Å². The van der Waals surface area contributed by atoms with E-state index in [1.807, 2.05) is 0 Å². The summed E-state index contributed by atoms with van der Waals surface area (Å²) < 4.78 is 0. The molecule has 1 aliphatic rings. The van der Waals surface area contributed by atoms with Crippen LogP contribution in [0.2, 0.25) is 0 Å². The van der Waals surface area contributed by atoms with Crippen LogP contribution >= 0.6 is 0 Å². The topological polar surface area (TPSA) is 176 Å². The summed E-state index contributed by atoms with van der Waals surface area (Å²) in [7, 11) is 1.67. The van der Waals surface area contributed by atoms with Crippen molar-refractivity contribution in [3.05, 3.63) is 57.6 Å². The van der Waals surface area contributed by atoms with Gasteiger partial charge in [0, 0.05) is 19.2 Å². The lowest BCUT2D eigenvalue weighted by Gasteiger charge is -2.20. The smallest absolute Gasteiger partial charge is 0.290 e. The van der Waals surface area contributed by atoms with Gasteiger partial charge in [0.25, 0.3) is 12.0 Å². The first-order valence-electron chi connectivity index (χ1n) is 14.4. The maximum absolute atomic E-state index is 11.9. The number of carbonyl (C=O) groups excluding carboxylic acids is 1. The van der Waals surface area contributed by atoms with E-state index in [2.05, 4.69) is 89.5 Å². The Morgan fingerprint density at radius 1 is 1.14 bits per heavy atom. The number of carbonyl (C=O) groups is 2. The number of rotatable bonds is 8. The number of nitrogens with two attached hydrogens (primary N) is 1. The second-order valence-electron chi connectivity index (χ2n) is 10.2. The van der Waals surface area contributed by atoms with Gasteiger partial charge in [0.05, 0.1) is 18.4 Å². The first-order valence-corrected chi connectivity index (χ1v) is 14.4. The molecule has 1 fully saturated rings. The van der Waals surface area contributed by atoms with Gasteiger partial charge in [-0.2, -0.15) is 4.98 Å². The molecule has 0 aliphatic heterocycles. The number of allylic oxidation sites excluding steroid dienone is 2. The molecule has 0 atom stereocenters. The molecule has 1 aromatic carbocycles. The number of aromatic nitrogens is 4. The minimum absolute atomic E-state index is 0.0370. The molecule has 1 aliphatic carbocycles. The van der Waals surface area contributed by atoms with Crippen LogP contribution in [-0.2, 0) is 16.1 Å². The number of amides is 1. The highest BCUT2D eigenvalue weighted by atomic mass is 16.3. The predicted octanol–water partition coefficient (Wildman–Crippen LogP) is 5.54. The third kappa shape index (κ3) is 12.9. The number of unbranched alkanes of at least 4 members (excludes halogenated alkanes) is 1. The third-order valence-electron chi connectivity index (χ3n) is 6.49. The number of aromatic amines is 1. The SMILES string of the molecule is CC(=C1CCC1)c1ccc(NCc2cnc3nc(N)[nH]c(=O)c3n2)cc1.CCCC.CNC(=O)CCC(C)C.O=CO. The molecule has 42 heavy (non-hydrogen) atoms. The number of nitrogen functional groups attached to an aromatic ring is 1. The molecule has 0 radical (unpaired) electrons. The number of hydrogen-bond donors (Lipinski definition) is 5. The minimum Gasteiger partial charge on any atom is -0.483 e. The minimum atomic E-state index is -0.384. The summed E-state index contributed by atoms with van der Waals surface area (Å²) in [5, 5.41) is 12.8. The first-order chi connectivity index (χ1) is 20.1. The van der Waals surface area contributed by atoms with E-state index >= 15 is 0 Å². The van der Waals surface area contributed by atoms with Crippen LogP contribution in [0.1, 0.15) is 90.8 Å². The van der Waals surface area contributed by atoms with Crippen LogP contribution in [-0.4, -0.2) is 44.5 Å². The van der Waals surface area contributed by atoms with Gasteiger partial charge in [-0.25, -0.2) is 9.97 Å². The second kappa shape index (κ2) is 19.7. The van der Waals surface area contributed by atoms with Crippen molar-refractivity contribution >= 4 is 40.8 Å². The Morgan fingerprint density at radius 3 is 2.26 bits per heavy atom. The maximum Gasteiger partial charge on any atom is 0.290 e. The normalized spacial score (nSPS) is 11.5. The molecule has 6 N–H and O–H groups in total. The number of H-pyrrole nitrogens is 1. The van der Waals surface area contributed by atoms with Gasteiger partial charge in [-0.3, -0.25) is 19.4 Å². The monoisotopic (exact) mass is 581 g/mol. The van der Waals surface area contributed by atoms with Crippen LogP contribution in [0.15, 0.2) is 40.8 Å². The molecule has 11 heteroatoms. The number of fused-ring (bicyclic) bond motifs is 1. The van der Waals surface area contributed by atoms with Crippen LogP contribution in [0.3, 0.4) is 0 Å². The Balaban J connectivity index is 0.000000459. The van der Waals surface area contributed by atoms with Gasteiger partial charge in [0.1, 0.15) is 0 Å². The maximum atomic E-state index is 11.9. The van der Waals surface area contributed by atoms with E-state index in [0.29, 0.717) is 24.6 Å². The average molecular weight is 582 g/mol. The summed E-state index contributed by atoms with van der Waals surface area (Å²) in [5.41, 5.74) is 11.5. The molecule has 11 nitrogen and oxygen atoms in total. The highest BCUT2D eigenvalue weighted by Crippen LogP contribution is 2.33. The Morgan fingerprint density at radius 2 is 1.76 bits per heavy atom. The summed E-state index contributed by atoms with van der Waals surface area (Å²) in [5.74, 6) is 0.806. The lowest BCUT2D eigenvalue weighted by atomic mass is 9.86. The van der Waals surface area contributed by atoms with Crippen molar-refractivity contribution in [3.63, 3.8) is 0 Å². The zero-order valence-corrected chi connectivity index (χ0v) is 25.8. The molecule has 2 aromatic heterocycles. The van der Waals surface area contributed by atoms with Crippen molar-refractivity contribution in [2.45, 2.75) is 86.1 Å². The fourth-order valence-corrected chi connectivity index (χ4v) is 3.56. The lowest BCUT2D eigenvalue weighted by Crippen LogP contribution is -2.17. The molecule has 1 saturated carbocycles. The number of benzene rings is 1. The predicted molar refractivity (Wildman–Crippen MR) is 170 cm³/mol. The van der Waals surface area contributed by atoms with Gasteiger partial charge in [-0.05, 0) is 61.8 Å². The van der Waals surface area contributed by atoms with E-state index in [0.717, 1.165) is 12.1 Å². The quantitative estimate of drug-likeness (QED) is 0.214. The van der Waals surface area contributed by atoms with Gasteiger partial charge < -0.3 is 21.5 Å². The number of nitrogens with one attached hydrogen (secondary N) is 3. The van der Waals surface area contributed by atoms with Crippen molar-refractivity contribution in [2.24, 2.45) is 5.92 Å². The molecule has 1 amide bonds. The second-order valence-corrected chi connectivity index (χ2v) is 10.2. The zero-order chi connectivity index (χ0) is 31.5. The van der Waals surface area contributed by atoms with E-state index < -0.39 is 0 Å². The summed E-state index contributed by atoms with van der Waals surface area (Å²) in [4.78, 5) is 45.8. The fraction of sp³-hybridized carbons (Fsp3) is 0.484. The van der Waals surface area contributed by atoms with Crippen molar-refractivity contribution in [3.8, 4) is 0 Å². The summed E-state index contributed by atoms with van der Waals surface area (Å²) in [6.45, 7) is 11.0. The summed E-state index contributed by atoms with van der Waals surface area (Å²) in [6, 6.07) is 8.38. The zero-order valence-electron chi connectivity index (χ0n) is 25.8. The van der Waals surface area contributed by atoms with E-state index in [9.17, 15) is 9.59 Å². The highest BCUT2D eigenvalue weighted by Gasteiger charge is 2.12. The number of hydrogen-bond acceptors (Lipinski definition) is 8. The van der Waals surface area contributed by atoms with Gasteiger partial charge in [-0.15, -0.1) is 0 Å². The Hall–Kier alpha value is -4.28. The summed E-state index contributed by atoms with van der Waals surface area (Å²) >= 11 is 0. The molecule has 2 heterocycles. The van der Waals surface area contributed by atoms with Crippen molar-refractivity contribution < 1.29 is 14.7 Å². The van der Waals surface area contributed by atoms with Crippen molar-refractivity contribution in [1.82, 2.24) is 25.3 Å².